The highest BCUT2D eigenvalue weighted by molar-refractivity contribution is 5.53. The van der Waals surface area contributed by atoms with Gasteiger partial charge in [-0.05, 0) is 24.6 Å². The SMILES string of the molecule is C[C@@H](NCc1ccc(O)c(O)c1O)c1cccnc1. The topological polar surface area (TPSA) is 85.6 Å². The number of hydrogen-bond donors (Lipinski definition) is 4. The lowest BCUT2D eigenvalue weighted by Gasteiger charge is -2.15. The number of aromatic hydroxyl groups is 3. The number of aromatic nitrogens is 1. The minimum atomic E-state index is -0.492. The van der Waals surface area contributed by atoms with Crippen molar-refractivity contribution in [2.24, 2.45) is 0 Å². The van der Waals surface area contributed by atoms with E-state index in [1.165, 1.54) is 6.07 Å². The Labute approximate surface area is 111 Å². The Morgan fingerprint density at radius 3 is 2.63 bits per heavy atom. The molecular weight excluding hydrogens is 244 g/mol. The predicted molar refractivity (Wildman–Crippen MR) is 70.9 cm³/mol. The number of phenols is 3. The molecule has 0 radical (unpaired) electrons. The van der Waals surface area contributed by atoms with Gasteiger partial charge in [-0.2, -0.15) is 0 Å². The van der Waals surface area contributed by atoms with Gasteiger partial charge in [-0.3, -0.25) is 4.98 Å². The van der Waals surface area contributed by atoms with Gasteiger partial charge in [-0.1, -0.05) is 12.1 Å². The van der Waals surface area contributed by atoms with Crippen LogP contribution in [0, 0.1) is 0 Å². The fourth-order valence-electron chi connectivity index (χ4n) is 1.77. The van der Waals surface area contributed by atoms with Crippen LogP contribution >= 0.6 is 0 Å². The number of hydrogen-bond acceptors (Lipinski definition) is 5. The third-order valence-corrected chi connectivity index (χ3v) is 3.00. The maximum absolute atomic E-state index is 9.70. The number of rotatable bonds is 4. The molecule has 0 bridgehead atoms. The summed E-state index contributed by atoms with van der Waals surface area (Å²) in [6.45, 7) is 2.35. The third-order valence-electron chi connectivity index (χ3n) is 3.00. The molecule has 1 atom stereocenters. The van der Waals surface area contributed by atoms with Crippen molar-refractivity contribution >= 4 is 0 Å². The minimum Gasteiger partial charge on any atom is -0.504 e. The van der Waals surface area contributed by atoms with Gasteiger partial charge in [0.1, 0.15) is 0 Å². The quantitative estimate of drug-likeness (QED) is 0.632. The smallest absolute Gasteiger partial charge is 0.200 e. The molecule has 0 aliphatic rings. The molecule has 19 heavy (non-hydrogen) atoms. The van der Waals surface area contributed by atoms with Crippen LogP contribution < -0.4 is 5.32 Å². The largest absolute Gasteiger partial charge is 0.504 e. The second kappa shape index (κ2) is 5.58. The lowest BCUT2D eigenvalue weighted by atomic mass is 10.1. The first-order valence-corrected chi connectivity index (χ1v) is 5.95. The molecule has 0 aliphatic heterocycles. The summed E-state index contributed by atoms with van der Waals surface area (Å²) < 4.78 is 0. The van der Waals surface area contributed by atoms with Crippen LogP contribution in [0.1, 0.15) is 24.1 Å². The van der Waals surface area contributed by atoms with Gasteiger partial charge in [0.2, 0.25) is 5.75 Å². The highest BCUT2D eigenvalue weighted by Gasteiger charge is 2.12. The Kier molecular flexibility index (Phi) is 3.87. The number of nitrogens with one attached hydrogen (secondary N) is 1. The molecule has 0 aliphatic carbocycles. The van der Waals surface area contributed by atoms with Gasteiger partial charge in [-0.15, -0.1) is 0 Å². The number of benzene rings is 1. The first-order chi connectivity index (χ1) is 9.09. The summed E-state index contributed by atoms with van der Waals surface area (Å²) in [6, 6.07) is 6.79. The molecule has 0 fully saturated rings. The standard InChI is InChI=1S/C14H16N2O3/c1-9(10-3-2-6-15-7-10)16-8-11-4-5-12(17)14(19)13(11)18/h2-7,9,16-19H,8H2,1H3/t9-/m1/s1. The summed E-state index contributed by atoms with van der Waals surface area (Å²) in [7, 11) is 0. The zero-order valence-corrected chi connectivity index (χ0v) is 10.5. The van der Waals surface area contributed by atoms with Crippen molar-refractivity contribution in [1.29, 1.82) is 0 Å². The summed E-state index contributed by atoms with van der Waals surface area (Å²) in [5.41, 5.74) is 1.55. The monoisotopic (exact) mass is 260 g/mol. The van der Waals surface area contributed by atoms with Crippen LogP contribution in [0.2, 0.25) is 0 Å². The molecule has 0 saturated heterocycles. The molecule has 0 amide bonds. The molecule has 1 heterocycles. The highest BCUT2D eigenvalue weighted by atomic mass is 16.3. The van der Waals surface area contributed by atoms with E-state index in [4.69, 9.17) is 0 Å². The van der Waals surface area contributed by atoms with Crippen LogP contribution in [0.5, 0.6) is 17.2 Å². The molecule has 5 nitrogen and oxygen atoms in total. The lowest BCUT2D eigenvalue weighted by Crippen LogP contribution is -2.18. The zero-order chi connectivity index (χ0) is 13.8. The van der Waals surface area contributed by atoms with Crippen molar-refractivity contribution in [3.8, 4) is 17.2 Å². The normalized spacial score (nSPS) is 12.3. The molecule has 5 heteroatoms. The van der Waals surface area contributed by atoms with Gasteiger partial charge in [0.15, 0.2) is 11.5 Å². The molecule has 1 aromatic heterocycles. The molecule has 0 unspecified atom stereocenters. The fourth-order valence-corrected chi connectivity index (χ4v) is 1.77. The maximum atomic E-state index is 9.70. The van der Waals surface area contributed by atoms with Crippen molar-refractivity contribution in [3.63, 3.8) is 0 Å². The van der Waals surface area contributed by atoms with Crippen molar-refractivity contribution < 1.29 is 15.3 Å². The van der Waals surface area contributed by atoms with Gasteiger partial charge >= 0.3 is 0 Å². The van der Waals surface area contributed by atoms with Crippen LogP contribution in [0.4, 0.5) is 0 Å². The molecule has 2 rings (SSSR count). The van der Waals surface area contributed by atoms with E-state index in [1.54, 1.807) is 18.5 Å². The Hall–Kier alpha value is -2.27. The van der Waals surface area contributed by atoms with Gasteiger partial charge < -0.3 is 20.6 Å². The zero-order valence-electron chi connectivity index (χ0n) is 10.5. The van der Waals surface area contributed by atoms with E-state index in [0.717, 1.165) is 5.56 Å². The molecule has 2 aromatic rings. The Morgan fingerprint density at radius 1 is 1.16 bits per heavy atom. The molecule has 0 saturated carbocycles. The van der Waals surface area contributed by atoms with Gasteiger partial charge in [-0.25, -0.2) is 0 Å². The van der Waals surface area contributed by atoms with E-state index >= 15 is 0 Å². The second-order valence-corrected chi connectivity index (χ2v) is 4.33. The summed E-state index contributed by atoms with van der Waals surface area (Å²) in [5.74, 6) is -1.12. The summed E-state index contributed by atoms with van der Waals surface area (Å²) >= 11 is 0. The first-order valence-electron chi connectivity index (χ1n) is 5.95. The van der Waals surface area contributed by atoms with Crippen LogP contribution in [0.15, 0.2) is 36.7 Å². The number of phenolic OH excluding ortho intramolecular Hbond substituents is 3. The van der Waals surface area contributed by atoms with Crippen LogP contribution in [-0.4, -0.2) is 20.3 Å². The van der Waals surface area contributed by atoms with Gasteiger partial charge in [0, 0.05) is 30.5 Å². The lowest BCUT2D eigenvalue weighted by molar-refractivity contribution is 0.363. The fraction of sp³-hybridized carbons (Fsp3) is 0.214. The van der Waals surface area contributed by atoms with Crippen LogP contribution in [0.25, 0.3) is 0 Å². The Balaban J connectivity index is 2.05. The summed E-state index contributed by atoms with van der Waals surface area (Å²) in [4.78, 5) is 4.04. The van der Waals surface area contributed by atoms with E-state index in [1.807, 2.05) is 19.1 Å². The van der Waals surface area contributed by atoms with Crippen molar-refractivity contribution in [1.82, 2.24) is 10.3 Å². The average molecular weight is 260 g/mol. The molecule has 0 spiro atoms. The molecule has 1 aromatic carbocycles. The highest BCUT2D eigenvalue weighted by Crippen LogP contribution is 2.37. The Morgan fingerprint density at radius 2 is 1.95 bits per heavy atom. The molecular formula is C14H16N2O3. The molecule has 4 N–H and O–H groups in total. The van der Waals surface area contributed by atoms with E-state index in [-0.39, 0.29) is 17.5 Å². The van der Waals surface area contributed by atoms with Crippen LogP contribution in [-0.2, 0) is 6.54 Å². The summed E-state index contributed by atoms with van der Waals surface area (Å²) in [6.07, 6.45) is 3.48. The van der Waals surface area contributed by atoms with Crippen molar-refractivity contribution in [3.05, 3.63) is 47.8 Å². The Bertz CT molecular complexity index is 558. The van der Waals surface area contributed by atoms with E-state index in [0.29, 0.717) is 12.1 Å². The summed E-state index contributed by atoms with van der Waals surface area (Å²) in [5, 5.41) is 31.6. The third kappa shape index (κ3) is 2.95. The van der Waals surface area contributed by atoms with E-state index < -0.39 is 5.75 Å². The number of nitrogens with zero attached hydrogens (tertiary/aromatic N) is 1. The van der Waals surface area contributed by atoms with Crippen molar-refractivity contribution in [2.75, 3.05) is 0 Å². The first kappa shape index (κ1) is 13.2. The van der Waals surface area contributed by atoms with Gasteiger partial charge in [0.25, 0.3) is 0 Å². The average Bonchev–Trinajstić information content (AvgIpc) is 2.45. The van der Waals surface area contributed by atoms with E-state index in [2.05, 4.69) is 10.3 Å². The van der Waals surface area contributed by atoms with Crippen molar-refractivity contribution in [2.45, 2.75) is 19.5 Å². The minimum absolute atomic E-state index is 0.0593. The van der Waals surface area contributed by atoms with Crippen LogP contribution in [0.3, 0.4) is 0 Å². The maximum Gasteiger partial charge on any atom is 0.200 e. The second-order valence-electron chi connectivity index (χ2n) is 4.33. The number of pyridine rings is 1. The predicted octanol–water partition coefficient (Wildman–Crippen LogP) is 2.05. The molecule has 100 valence electrons. The van der Waals surface area contributed by atoms with E-state index in [9.17, 15) is 15.3 Å². The van der Waals surface area contributed by atoms with Gasteiger partial charge in [0.05, 0.1) is 0 Å².